The predicted molar refractivity (Wildman–Crippen MR) is 166 cm³/mol. The SMILES string of the molecule is COc1cc2nccc(Oc3ccc(N(Cc4ccccc4)C(=O)c4cc(-c5cccs5)c[nH]c4=O)nc3)c2cc1OC. The lowest BCUT2D eigenvalue weighted by Gasteiger charge is -2.22. The van der Waals surface area contributed by atoms with Gasteiger partial charge in [-0.15, -0.1) is 11.3 Å². The van der Waals surface area contributed by atoms with Crippen molar-refractivity contribution in [2.24, 2.45) is 0 Å². The molecule has 1 N–H and O–H groups in total. The van der Waals surface area contributed by atoms with Crippen LogP contribution >= 0.6 is 11.3 Å². The van der Waals surface area contributed by atoms with E-state index >= 15 is 0 Å². The molecule has 214 valence electrons. The number of hydrogen-bond donors (Lipinski definition) is 1. The lowest BCUT2D eigenvalue weighted by Crippen LogP contribution is -2.35. The predicted octanol–water partition coefficient (Wildman–Crippen LogP) is 6.70. The van der Waals surface area contributed by atoms with Crippen molar-refractivity contribution in [2.75, 3.05) is 19.1 Å². The Bertz CT molecular complexity index is 1940. The molecule has 6 rings (SSSR count). The minimum Gasteiger partial charge on any atom is -0.493 e. The van der Waals surface area contributed by atoms with Crippen LogP contribution in [0.1, 0.15) is 15.9 Å². The molecule has 0 radical (unpaired) electrons. The highest BCUT2D eigenvalue weighted by Crippen LogP contribution is 2.37. The number of anilines is 1. The first-order valence-corrected chi connectivity index (χ1v) is 14.2. The van der Waals surface area contributed by atoms with Gasteiger partial charge in [-0.3, -0.25) is 19.5 Å². The lowest BCUT2D eigenvalue weighted by molar-refractivity contribution is 0.0983. The van der Waals surface area contributed by atoms with E-state index in [2.05, 4.69) is 15.0 Å². The van der Waals surface area contributed by atoms with Gasteiger partial charge in [-0.05, 0) is 47.3 Å². The second kappa shape index (κ2) is 12.2. The van der Waals surface area contributed by atoms with Gasteiger partial charge in [0.15, 0.2) is 11.5 Å². The number of carbonyl (C=O) groups is 1. The van der Waals surface area contributed by atoms with Crippen molar-refractivity contribution in [3.05, 3.63) is 124 Å². The molecule has 6 aromatic rings. The topological polar surface area (TPSA) is 107 Å². The number of aromatic nitrogens is 3. The molecule has 0 saturated carbocycles. The number of ether oxygens (including phenoxy) is 3. The number of methoxy groups -OCH3 is 2. The summed E-state index contributed by atoms with van der Waals surface area (Å²) >= 11 is 1.53. The second-order valence-electron chi connectivity index (χ2n) is 9.47. The number of rotatable bonds is 9. The molecule has 0 aliphatic heterocycles. The zero-order chi connectivity index (χ0) is 29.8. The van der Waals surface area contributed by atoms with Gasteiger partial charge in [0.05, 0.1) is 32.5 Å². The Hall–Kier alpha value is -5.48. The normalized spacial score (nSPS) is 10.8. The number of pyridine rings is 3. The molecule has 43 heavy (non-hydrogen) atoms. The van der Waals surface area contributed by atoms with Gasteiger partial charge in [-0.25, -0.2) is 4.98 Å². The first-order valence-electron chi connectivity index (χ1n) is 13.3. The minimum absolute atomic E-state index is 0.0246. The highest BCUT2D eigenvalue weighted by atomic mass is 32.1. The third-order valence-electron chi connectivity index (χ3n) is 6.80. The van der Waals surface area contributed by atoms with Gasteiger partial charge in [-0.1, -0.05) is 36.4 Å². The molecular formula is C33H26N4O5S. The molecule has 0 fully saturated rings. The zero-order valence-corrected chi connectivity index (χ0v) is 24.1. The first kappa shape index (κ1) is 27.7. The van der Waals surface area contributed by atoms with Crippen LogP contribution in [0.4, 0.5) is 5.82 Å². The minimum atomic E-state index is -0.472. The van der Waals surface area contributed by atoms with E-state index in [1.54, 1.807) is 69.2 Å². The second-order valence-corrected chi connectivity index (χ2v) is 10.4. The van der Waals surface area contributed by atoms with E-state index in [0.29, 0.717) is 34.3 Å². The van der Waals surface area contributed by atoms with E-state index in [-0.39, 0.29) is 12.1 Å². The Morgan fingerprint density at radius 1 is 0.907 bits per heavy atom. The summed E-state index contributed by atoms with van der Waals surface area (Å²) < 4.78 is 17.0. The fraction of sp³-hybridized carbons (Fsp3) is 0.0909. The van der Waals surface area contributed by atoms with Crippen LogP contribution in [0.3, 0.4) is 0 Å². The van der Waals surface area contributed by atoms with E-state index < -0.39 is 11.5 Å². The zero-order valence-electron chi connectivity index (χ0n) is 23.3. The molecule has 0 atom stereocenters. The Morgan fingerprint density at radius 3 is 2.44 bits per heavy atom. The lowest BCUT2D eigenvalue weighted by atomic mass is 10.1. The summed E-state index contributed by atoms with van der Waals surface area (Å²) in [5, 5.41) is 2.68. The van der Waals surface area contributed by atoms with Crippen molar-refractivity contribution in [3.8, 4) is 33.4 Å². The van der Waals surface area contributed by atoms with Crippen molar-refractivity contribution >= 4 is 34.0 Å². The molecule has 0 unspecified atom stereocenters. The van der Waals surface area contributed by atoms with E-state index in [1.807, 2.05) is 47.8 Å². The molecule has 4 aromatic heterocycles. The molecule has 1 amide bonds. The largest absolute Gasteiger partial charge is 0.493 e. The van der Waals surface area contributed by atoms with Crippen molar-refractivity contribution < 1.29 is 19.0 Å². The number of thiophene rings is 1. The van der Waals surface area contributed by atoms with Crippen LogP contribution in [0.25, 0.3) is 21.3 Å². The number of aromatic amines is 1. The molecule has 0 saturated heterocycles. The highest BCUT2D eigenvalue weighted by molar-refractivity contribution is 7.13. The number of carbonyl (C=O) groups excluding carboxylic acids is 1. The van der Waals surface area contributed by atoms with Gasteiger partial charge in [0.1, 0.15) is 22.9 Å². The first-order chi connectivity index (χ1) is 21.0. The van der Waals surface area contributed by atoms with Crippen molar-refractivity contribution in [1.29, 1.82) is 0 Å². The number of hydrogen-bond acceptors (Lipinski definition) is 8. The van der Waals surface area contributed by atoms with E-state index in [9.17, 15) is 9.59 Å². The monoisotopic (exact) mass is 590 g/mol. The maximum absolute atomic E-state index is 13.9. The van der Waals surface area contributed by atoms with E-state index in [0.717, 1.165) is 21.4 Å². The standard InChI is InChI=1S/C33H26N4O5S/c1-40-28-16-24-26(17-29(28)41-2)34-13-12-27(24)42-23-10-11-31(35-19-23)37(20-21-7-4-3-5-8-21)33(39)25-15-22(18-36-32(25)38)30-9-6-14-43-30/h3-19H,20H2,1-2H3,(H,36,38). The number of amides is 1. The van der Waals surface area contributed by atoms with E-state index in [4.69, 9.17) is 14.2 Å². The Labute approximate surface area is 251 Å². The highest BCUT2D eigenvalue weighted by Gasteiger charge is 2.23. The van der Waals surface area contributed by atoms with Crippen molar-refractivity contribution in [2.45, 2.75) is 6.54 Å². The van der Waals surface area contributed by atoms with Gasteiger partial charge >= 0.3 is 0 Å². The van der Waals surface area contributed by atoms with Crippen LogP contribution in [0.15, 0.2) is 108 Å². The average Bonchev–Trinajstić information content (AvgIpc) is 3.59. The van der Waals surface area contributed by atoms with Gasteiger partial charge in [0, 0.05) is 34.3 Å². The van der Waals surface area contributed by atoms with Gasteiger partial charge in [0.2, 0.25) is 0 Å². The molecule has 10 heteroatoms. The molecular weight excluding hydrogens is 564 g/mol. The summed E-state index contributed by atoms with van der Waals surface area (Å²) in [5.74, 6) is 2.02. The van der Waals surface area contributed by atoms with Crippen molar-refractivity contribution in [1.82, 2.24) is 15.0 Å². The fourth-order valence-electron chi connectivity index (χ4n) is 4.65. The number of H-pyrrole nitrogens is 1. The Balaban J connectivity index is 1.33. The van der Waals surface area contributed by atoms with Crippen LogP contribution in [0.2, 0.25) is 0 Å². The molecule has 0 bridgehead atoms. The van der Waals surface area contributed by atoms with Gasteiger partial charge in [-0.2, -0.15) is 0 Å². The quantitative estimate of drug-likeness (QED) is 0.200. The smallest absolute Gasteiger partial charge is 0.265 e. The Kier molecular flexibility index (Phi) is 7.84. The summed E-state index contributed by atoms with van der Waals surface area (Å²) in [6.45, 7) is 0.214. The third-order valence-corrected chi connectivity index (χ3v) is 7.72. The summed E-state index contributed by atoms with van der Waals surface area (Å²) in [4.78, 5) is 40.9. The molecule has 0 aliphatic carbocycles. The van der Waals surface area contributed by atoms with Crippen LogP contribution in [-0.4, -0.2) is 35.1 Å². The molecule has 9 nitrogen and oxygen atoms in total. The maximum atomic E-state index is 13.9. The summed E-state index contributed by atoms with van der Waals surface area (Å²) in [6.07, 6.45) is 4.80. The molecule has 0 aliphatic rings. The fourth-order valence-corrected chi connectivity index (χ4v) is 5.37. The maximum Gasteiger partial charge on any atom is 0.265 e. The average molecular weight is 591 g/mol. The number of fused-ring (bicyclic) bond motifs is 1. The van der Waals surface area contributed by atoms with Crippen LogP contribution < -0.4 is 24.7 Å². The van der Waals surface area contributed by atoms with Gasteiger partial charge in [0.25, 0.3) is 11.5 Å². The van der Waals surface area contributed by atoms with Gasteiger partial charge < -0.3 is 19.2 Å². The summed E-state index contributed by atoms with van der Waals surface area (Å²) in [7, 11) is 3.14. The summed E-state index contributed by atoms with van der Waals surface area (Å²) in [5.41, 5.74) is 1.87. The summed E-state index contributed by atoms with van der Waals surface area (Å²) in [6, 6.07) is 23.8. The number of benzene rings is 2. The molecule has 2 aromatic carbocycles. The molecule has 4 heterocycles. The molecule has 0 spiro atoms. The van der Waals surface area contributed by atoms with Crippen LogP contribution in [0.5, 0.6) is 23.0 Å². The number of nitrogens with zero attached hydrogens (tertiary/aromatic N) is 3. The van der Waals surface area contributed by atoms with Crippen LogP contribution in [0, 0.1) is 0 Å². The van der Waals surface area contributed by atoms with E-state index in [1.165, 1.54) is 16.2 Å². The van der Waals surface area contributed by atoms with Crippen molar-refractivity contribution in [3.63, 3.8) is 0 Å². The third kappa shape index (κ3) is 5.81. The number of nitrogens with one attached hydrogen (secondary N) is 1. The van der Waals surface area contributed by atoms with Crippen LogP contribution in [-0.2, 0) is 6.54 Å². The Morgan fingerprint density at radius 2 is 1.72 bits per heavy atom.